The van der Waals surface area contributed by atoms with Crippen molar-refractivity contribution < 1.29 is 9.21 Å². The van der Waals surface area contributed by atoms with Gasteiger partial charge in [-0.1, -0.05) is 11.6 Å². The lowest BCUT2D eigenvalue weighted by Gasteiger charge is -2.34. The molecular weight excluding hydrogens is 324 g/mol. The quantitative estimate of drug-likeness (QED) is 0.898. The van der Waals surface area contributed by atoms with Gasteiger partial charge in [-0.15, -0.1) is 12.4 Å². The Labute approximate surface area is 149 Å². The predicted octanol–water partition coefficient (Wildman–Crippen LogP) is 3.77. The zero-order chi connectivity index (χ0) is 15.8. The van der Waals surface area contributed by atoms with Crippen LogP contribution in [0.4, 0.5) is 0 Å². The molecule has 2 aliphatic rings. The molecule has 2 saturated heterocycles. The molecular formula is C19H25ClN2O2. The van der Waals surface area contributed by atoms with Gasteiger partial charge in [0.15, 0.2) is 5.76 Å². The monoisotopic (exact) mass is 348 g/mol. The van der Waals surface area contributed by atoms with Gasteiger partial charge in [-0.25, -0.2) is 0 Å². The van der Waals surface area contributed by atoms with E-state index in [0.29, 0.717) is 11.8 Å². The third-order valence-electron chi connectivity index (χ3n) is 5.38. The molecule has 0 saturated carbocycles. The summed E-state index contributed by atoms with van der Waals surface area (Å²) in [6.45, 7) is 4.90. The first-order valence-corrected chi connectivity index (χ1v) is 8.73. The van der Waals surface area contributed by atoms with Gasteiger partial charge in [-0.05, 0) is 63.3 Å². The molecule has 24 heavy (non-hydrogen) atoms. The first kappa shape index (κ1) is 17.3. The molecule has 1 unspecified atom stereocenters. The molecule has 2 aromatic rings. The third kappa shape index (κ3) is 3.31. The van der Waals surface area contributed by atoms with E-state index in [9.17, 15) is 4.79 Å². The number of carbonyl (C=O) groups excluding carboxylic acids is 1. The summed E-state index contributed by atoms with van der Waals surface area (Å²) in [5.41, 5.74) is 1.98. The average Bonchev–Trinajstić information content (AvgIpc) is 3.23. The number of nitrogens with one attached hydrogen (secondary N) is 1. The second-order valence-electron chi connectivity index (χ2n) is 6.98. The number of furan rings is 1. The number of rotatable bonds is 2. The zero-order valence-corrected chi connectivity index (χ0v) is 14.9. The number of amides is 1. The van der Waals surface area contributed by atoms with Crippen molar-refractivity contribution >= 4 is 29.3 Å². The van der Waals surface area contributed by atoms with E-state index in [1.807, 2.05) is 23.1 Å². The fraction of sp³-hybridized carbons (Fsp3) is 0.526. The molecule has 0 radical (unpaired) electrons. The van der Waals surface area contributed by atoms with E-state index < -0.39 is 0 Å². The molecule has 4 rings (SSSR count). The predicted molar refractivity (Wildman–Crippen MR) is 97.9 cm³/mol. The molecule has 3 heterocycles. The maximum Gasteiger partial charge on any atom is 0.289 e. The van der Waals surface area contributed by atoms with Crippen LogP contribution in [0.25, 0.3) is 11.0 Å². The number of carbonyl (C=O) groups is 1. The minimum Gasteiger partial charge on any atom is -0.451 e. The highest BCUT2D eigenvalue weighted by atomic mass is 35.5. The maximum atomic E-state index is 12.7. The lowest BCUT2D eigenvalue weighted by molar-refractivity contribution is 0.0645. The highest BCUT2D eigenvalue weighted by molar-refractivity contribution is 5.96. The SMILES string of the molecule is Cc1ccc2oc(C(=O)N3CCC(C4CCCN4)CC3)cc2c1.Cl. The van der Waals surface area contributed by atoms with Crippen LogP contribution in [0.3, 0.4) is 0 Å². The molecule has 130 valence electrons. The van der Waals surface area contributed by atoms with Gasteiger partial charge >= 0.3 is 0 Å². The fourth-order valence-electron chi connectivity index (χ4n) is 4.04. The van der Waals surface area contributed by atoms with Crippen molar-refractivity contribution in [2.75, 3.05) is 19.6 Å². The second kappa shape index (κ2) is 7.16. The molecule has 4 nitrogen and oxygen atoms in total. The minimum absolute atomic E-state index is 0. The number of benzene rings is 1. The highest BCUT2D eigenvalue weighted by Gasteiger charge is 2.31. The number of hydrogen-bond acceptors (Lipinski definition) is 3. The minimum atomic E-state index is 0. The van der Waals surface area contributed by atoms with Crippen molar-refractivity contribution in [2.24, 2.45) is 5.92 Å². The molecule has 2 fully saturated rings. The Morgan fingerprint density at radius 1 is 1.21 bits per heavy atom. The smallest absolute Gasteiger partial charge is 0.289 e. The summed E-state index contributed by atoms with van der Waals surface area (Å²) >= 11 is 0. The summed E-state index contributed by atoms with van der Waals surface area (Å²) in [7, 11) is 0. The Kier molecular flexibility index (Phi) is 5.16. The van der Waals surface area contributed by atoms with Crippen molar-refractivity contribution in [3.63, 3.8) is 0 Å². The number of nitrogens with zero attached hydrogens (tertiary/aromatic N) is 1. The van der Waals surface area contributed by atoms with Gasteiger partial charge in [0.2, 0.25) is 0 Å². The molecule has 5 heteroatoms. The summed E-state index contributed by atoms with van der Waals surface area (Å²) in [5, 5.41) is 4.62. The Morgan fingerprint density at radius 2 is 2.00 bits per heavy atom. The number of fused-ring (bicyclic) bond motifs is 1. The van der Waals surface area contributed by atoms with Crippen molar-refractivity contribution in [1.82, 2.24) is 10.2 Å². The maximum absolute atomic E-state index is 12.7. The standard InChI is InChI=1S/C19H24N2O2.ClH/c1-13-4-5-17-15(11-13)12-18(23-17)19(22)21-9-6-14(7-10-21)16-3-2-8-20-16;/h4-5,11-12,14,16,20H,2-3,6-10H2,1H3;1H. The van der Waals surface area contributed by atoms with Crippen LogP contribution in [0.2, 0.25) is 0 Å². The Balaban J connectivity index is 0.00000169. The Hall–Kier alpha value is -1.52. The normalized spacial score (nSPS) is 21.9. The van der Waals surface area contributed by atoms with Crippen molar-refractivity contribution in [1.29, 1.82) is 0 Å². The van der Waals surface area contributed by atoms with Gasteiger partial charge in [0.05, 0.1) is 0 Å². The number of likely N-dealkylation sites (tertiary alicyclic amines) is 1. The van der Waals surface area contributed by atoms with Crippen LogP contribution in [0, 0.1) is 12.8 Å². The van der Waals surface area contributed by atoms with Crippen molar-refractivity contribution in [2.45, 2.75) is 38.6 Å². The van der Waals surface area contributed by atoms with Crippen LogP contribution in [0.5, 0.6) is 0 Å². The third-order valence-corrected chi connectivity index (χ3v) is 5.38. The van der Waals surface area contributed by atoms with Crippen LogP contribution in [-0.4, -0.2) is 36.5 Å². The van der Waals surface area contributed by atoms with Gasteiger partial charge < -0.3 is 14.6 Å². The largest absolute Gasteiger partial charge is 0.451 e. The molecule has 1 atom stereocenters. The molecule has 0 bridgehead atoms. The second-order valence-corrected chi connectivity index (χ2v) is 6.98. The average molecular weight is 349 g/mol. The van der Waals surface area contributed by atoms with E-state index in [0.717, 1.165) is 49.4 Å². The highest BCUT2D eigenvalue weighted by Crippen LogP contribution is 2.27. The first-order valence-electron chi connectivity index (χ1n) is 8.73. The van der Waals surface area contributed by atoms with Gasteiger partial charge in [-0.2, -0.15) is 0 Å². The van der Waals surface area contributed by atoms with Crippen LogP contribution >= 0.6 is 12.4 Å². The van der Waals surface area contributed by atoms with Crippen LogP contribution in [0.15, 0.2) is 28.7 Å². The molecule has 0 spiro atoms. The van der Waals surface area contributed by atoms with Crippen LogP contribution < -0.4 is 5.32 Å². The number of halogens is 1. The molecule has 1 N–H and O–H groups in total. The van der Waals surface area contributed by atoms with Crippen LogP contribution in [-0.2, 0) is 0 Å². The Morgan fingerprint density at radius 3 is 2.71 bits per heavy atom. The van der Waals surface area contributed by atoms with E-state index in [1.165, 1.54) is 18.4 Å². The number of piperidine rings is 1. The van der Waals surface area contributed by atoms with E-state index in [2.05, 4.69) is 18.3 Å². The molecule has 1 aromatic heterocycles. The van der Waals surface area contributed by atoms with Gasteiger partial charge in [0.25, 0.3) is 5.91 Å². The summed E-state index contributed by atoms with van der Waals surface area (Å²) < 4.78 is 5.76. The number of aryl methyl sites for hydroxylation is 1. The van der Waals surface area contributed by atoms with E-state index in [1.54, 1.807) is 0 Å². The Bertz CT molecular complexity index is 713. The summed E-state index contributed by atoms with van der Waals surface area (Å²) in [5.74, 6) is 1.24. The molecule has 1 aromatic carbocycles. The first-order chi connectivity index (χ1) is 11.2. The molecule has 0 aliphatic carbocycles. The van der Waals surface area contributed by atoms with E-state index >= 15 is 0 Å². The lowest BCUT2D eigenvalue weighted by atomic mass is 9.88. The molecule has 1 amide bonds. The van der Waals surface area contributed by atoms with E-state index in [-0.39, 0.29) is 18.3 Å². The summed E-state index contributed by atoms with van der Waals surface area (Å²) in [4.78, 5) is 14.7. The summed E-state index contributed by atoms with van der Waals surface area (Å²) in [6, 6.07) is 8.57. The van der Waals surface area contributed by atoms with Gasteiger partial charge in [-0.3, -0.25) is 4.79 Å². The van der Waals surface area contributed by atoms with Crippen LogP contribution in [0.1, 0.15) is 41.8 Å². The topological polar surface area (TPSA) is 45.5 Å². The summed E-state index contributed by atoms with van der Waals surface area (Å²) in [6.07, 6.45) is 4.79. The van der Waals surface area contributed by atoms with E-state index in [4.69, 9.17) is 4.42 Å². The fourth-order valence-corrected chi connectivity index (χ4v) is 4.04. The van der Waals surface area contributed by atoms with Gasteiger partial charge in [0, 0.05) is 24.5 Å². The lowest BCUT2D eigenvalue weighted by Crippen LogP contribution is -2.43. The molecule has 2 aliphatic heterocycles. The van der Waals surface area contributed by atoms with Crippen molar-refractivity contribution in [3.8, 4) is 0 Å². The number of hydrogen-bond donors (Lipinski definition) is 1. The van der Waals surface area contributed by atoms with Gasteiger partial charge in [0.1, 0.15) is 5.58 Å². The zero-order valence-electron chi connectivity index (χ0n) is 14.1. The van der Waals surface area contributed by atoms with Crippen molar-refractivity contribution in [3.05, 3.63) is 35.6 Å².